The van der Waals surface area contributed by atoms with Gasteiger partial charge in [-0.2, -0.15) is 0 Å². The van der Waals surface area contributed by atoms with Gasteiger partial charge in [0.25, 0.3) is 0 Å². The second-order valence-corrected chi connectivity index (χ2v) is 6.27. The van der Waals surface area contributed by atoms with Crippen molar-refractivity contribution in [2.45, 2.75) is 57.9 Å². The Labute approximate surface area is 114 Å². The second kappa shape index (κ2) is 5.80. The number of hydrogen-bond acceptors (Lipinski definition) is 2. The number of amides is 2. The van der Waals surface area contributed by atoms with E-state index in [1.54, 1.807) is 0 Å². The molecule has 3 N–H and O–H groups in total. The summed E-state index contributed by atoms with van der Waals surface area (Å²) in [7, 11) is 0. The molecule has 0 aliphatic heterocycles. The lowest BCUT2D eigenvalue weighted by Crippen LogP contribution is -2.49. The fourth-order valence-corrected chi connectivity index (χ4v) is 3.26. The van der Waals surface area contributed by atoms with Gasteiger partial charge in [0.15, 0.2) is 0 Å². The van der Waals surface area contributed by atoms with Gasteiger partial charge in [0.2, 0.25) is 0 Å². The van der Waals surface area contributed by atoms with Gasteiger partial charge in [-0.3, -0.25) is 4.79 Å². The maximum absolute atomic E-state index is 11.8. The van der Waals surface area contributed by atoms with Crippen molar-refractivity contribution >= 4 is 12.0 Å². The molecule has 0 saturated heterocycles. The van der Waals surface area contributed by atoms with Crippen molar-refractivity contribution in [1.29, 1.82) is 0 Å². The van der Waals surface area contributed by atoms with E-state index < -0.39 is 5.97 Å². The fourth-order valence-electron chi connectivity index (χ4n) is 3.26. The lowest BCUT2D eigenvalue weighted by molar-refractivity contribution is -0.141. The lowest BCUT2D eigenvalue weighted by atomic mass is 9.66. The van der Waals surface area contributed by atoms with Crippen LogP contribution >= 0.6 is 0 Å². The number of carbonyl (C=O) groups excluding carboxylic acids is 1. The third-order valence-corrected chi connectivity index (χ3v) is 4.74. The van der Waals surface area contributed by atoms with Crippen LogP contribution in [0.3, 0.4) is 0 Å². The summed E-state index contributed by atoms with van der Waals surface area (Å²) in [6.07, 6.45) is 6.43. The van der Waals surface area contributed by atoms with E-state index in [0.29, 0.717) is 12.5 Å². The Bertz CT molecular complexity index is 353. The third-order valence-electron chi connectivity index (χ3n) is 4.74. The predicted octanol–water partition coefficient (Wildman–Crippen LogP) is 2.12. The molecule has 0 aromatic carbocycles. The van der Waals surface area contributed by atoms with Crippen LogP contribution in [0.1, 0.15) is 51.9 Å². The van der Waals surface area contributed by atoms with E-state index in [1.807, 2.05) is 0 Å². The van der Waals surface area contributed by atoms with Gasteiger partial charge >= 0.3 is 12.0 Å². The Morgan fingerprint density at radius 1 is 1.26 bits per heavy atom. The highest BCUT2D eigenvalue weighted by Gasteiger charge is 2.39. The minimum Gasteiger partial charge on any atom is -0.481 e. The summed E-state index contributed by atoms with van der Waals surface area (Å²) >= 11 is 0. The molecule has 2 rings (SSSR count). The van der Waals surface area contributed by atoms with Crippen molar-refractivity contribution in [3.8, 4) is 0 Å². The molecule has 19 heavy (non-hydrogen) atoms. The predicted molar refractivity (Wildman–Crippen MR) is 71.9 cm³/mol. The number of carboxylic acid groups (broad SMARTS) is 1. The van der Waals surface area contributed by atoms with Crippen molar-refractivity contribution in [3.05, 3.63) is 0 Å². The largest absolute Gasteiger partial charge is 0.481 e. The second-order valence-electron chi connectivity index (χ2n) is 6.27. The highest BCUT2D eigenvalue weighted by Crippen LogP contribution is 2.43. The summed E-state index contributed by atoms with van der Waals surface area (Å²) in [5.74, 6) is -0.228. The van der Waals surface area contributed by atoms with E-state index in [1.165, 1.54) is 12.8 Å². The fraction of sp³-hybridized carbons (Fsp3) is 0.857. The van der Waals surface area contributed by atoms with Gasteiger partial charge in [-0.25, -0.2) is 4.79 Å². The number of carboxylic acids is 1. The van der Waals surface area contributed by atoms with Crippen LogP contribution in [0.5, 0.6) is 0 Å². The molecular weight excluding hydrogens is 244 g/mol. The van der Waals surface area contributed by atoms with E-state index in [9.17, 15) is 9.59 Å². The molecule has 2 unspecified atom stereocenters. The normalized spacial score (nSPS) is 28.5. The zero-order valence-corrected chi connectivity index (χ0v) is 11.6. The SMILES string of the molecule is CC1CCCC1NC(=O)NCC1(CC(=O)O)CCC1. The van der Waals surface area contributed by atoms with Gasteiger partial charge < -0.3 is 15.7 Å². The summed E-state index contributed by atoms with van der Waals surface area (Å²) < 4.78 is 0. The zero-order valence-electron chi connectivity index (χ0n) is 11.6. The molecule has 2 saturated carbocycles. The van der Waals surface area contributed by atoms with Gasteiger partial charge in [0.1, 0.15) is 0 Å². The van der Waals surface area contributed by atoms with Gasteiger partial charge in [-0.05, 0) is 37.0 Å². The van der Waals surface area contributed by atoms with Crippen LogP contribution in [0.4, 0.5) is 4.79 Å². The first-order valence-electron chi connectivity index (χ1n) is 7.27. The summed E-state index contributed by atoms with van der Waals surface area (Å²) in [4.78, 5) is 22.7. The number of carbonyl (C=O) groups is 2. The number of aliphatic carboxylic acids is 1. The first-order valence-corrected chi connectivity index (χ1v) is 7.27. The molecule has 2 atom stereocenters. The highest BCUT2D eigenvalue weighted by atomic mass is 16.4. The molecule has 0 heterocycles. The smallest absolute Gasteiger partial charge is 0.315 e. The minimum absolute atomic E-state index is 0.143. The molecule has 0 aromatic rings. The first-order chi connectivity index (χ1) is 9.01. The average Bonchev–Trinajstić information content (AvgIpc) is 2.68. The van der Waals surface area contributed by atoms with E-state index in [2.05, 4.69) is 17.6 Å². The molecule has 0 bridgehead atoms. The highest BCUT2D eigenvalue weighted by molar-refractivity contribution is 5.74. The molecule has 0 aromatic heterocycles. The quantitative estimate of drug-likeness (QED) is 0.714. The first kappa shape index (κ1) is 14.2. The Hall–Kier alpha value is -1.26. The molecule has 108 valence electrons. The summed E-state index contributed by atoms with van der Waals surface area (Å²) in [6.45, 7) is 2.64. The maximum Gasteiger partial charge on any atom is 0.315 e. The molecule has 2 aliphatic carbocycles. The zero-order chi connectivity index (χ0) is 13.9. The molecule has 2 amide bonds. The van der Waals surface area contributed by atoms with Crippen LogP contribution in [0.15, 0.2) is 0 Å². The molecule has 5 nitrogen and oxygen atoms in total. The van der Waals surface area contributed by atoms with Crippen LogP contribution in [-0.4, -0.2) is 29.7 Å². The molecule has 0 radical (unpaired) electrons. The number of hydrogen-bond donors (Lipinski definition) is 3. The van der Waals surface area contributed by atoms with Crippen molar-refractivity contribution in [2.75, 3.05) is 6.54 Å². The standard InChI is InChI=1S/C14H24N2O3/c1-10-4-2-5-11(10)16-13(19)15-9-14(6-3-7-14)8-12(17)18/h10-11H,2-9H2,1H3,(H,17,18)(H2,15,16,19). The van der Waals surface area contributed by atoms with Crippen LogP contribution in [0, 0.1) is 11.3 Å². The van der Waals surface area contributed by atoms with Crippen LogP contribution in [0.25, 0.3) is 0 Å². The average molecular weight is 268 g/mol. The van der Waals surface area contributed by atoms with E-state index in [-0.39, 0.29) is 23.9 Å². The Morgan fingerprint density at radius 2 is 2.00 bits per heavy atom. The molecule has 2 aliphatic rings. The number of rotatable bonds is 5. The summed E-state index contributed by atoms with van der Waals surface area (Å²) in [5.41, 5.74) is -0.204. The van der Waals surface area contributed by atoms with Gasteiger partial charge in [0, 0.05) is 12.6 Å². The van der Waals surface area contributed by atoms with E-state index in [4.69, 9.17) is 5.11 Å². The monoisotopic (exact) mass is 268 g/mol. The maximum atomic E-state index is 11.8. The molecule has 5 heteroatoms. The Balaban J connectivity index is 1.74. The Kier molecular flexibility index (Phi) is 4.32. The Morgan fingerprint density at radius 3 is 2.47 bits per heavy atom. The van der Waals surface area contributed by atoms with Crippen LogP contribution in [-0.2, 0) is 4.79 Å². The number of nitrogens with one attached hydrogen (secondary N) is 2. The van der Waals surface area contributed by atoms with Crippen molar-refractivity contribution in [3.63, 3.8) is 0 Å². The van der Waals surface area contributed by atoms with Crippen molar-refractivity contribution in [1.82, 2.24) is 10.6 Å². The lowest BCUT2D eigenvalue weighted by Gasteiger charge is -2.40. The van der Waals surface area contributed by atoms with Gasteiger partial charge in [-0.1, -0.05) is 19.8 Å². The van der Waals surface area contributed by atoms with Gasteiger partial charge in [-0.15, -0.1) is 0 Å². The van der Waals surface area contributed by atoms with Crippen LogP contribution in [0.2, 0.25) is 0 Å². The minimum atomic E-state index is -0.772. The molecular formula is C14H24N2O3. The summed E-state index contributed by atoms with van der Waals surface area (Å²) in [6, 6.07) is 0.132. The van der Waals surface area contributed by atoms with Crippen molar-refractivity contribution in [2.24, 2.45) is 11.3 Å². The van der Waals surface area contributed by atoms with Crippen LogP contribution < -0.4 is 10.6 Å². The van der Waals surface area contributed by atoms with Gasteiger partial charge in [0.05, 0.1) is 6.42 Å². The van der Waals surface area contributed by atoms with Crippen molar-refractivity contribution < 1.29 is 14.7 Å². The van der Waals surface area contributed by atoms with E-state index in [0.717, 1.165) is 25.7 Å². The molecule has 0 spiro atoms. The topological polar surface area (TPSA) is 78.4 Å². The van der Waals surface area contributed by atoms with E-state index >= 15 is 0 Å². The number of urea groups is 1. The third kappa shape index (κ3) is 3.61. The molecule has 2 fully saturated rings. The summed E-state index contributed by atoms with van der Waals surface area (Å²) in [5, 5.41) is 14.8.